The fraction of sp³-hybridized carbons (Fsp3) is 0.360. The first-order chi connectivity index (χ1) is 15.0. The number of fused-ring (bicyclic) bond motifs is 1. The van der Waals surface area contributed by atoms with E-state index in [-0.39, 0.29) is 11.2 Å². The molecule has 1 fully saturated rings. The summed E-state index contributed by atoms with van der Waals surface area (Å²) in [6.45, 7) is 11.6. The second-order valence-electron chi connectivity index (χ2n) is 8.76. The second-order valence-corrected chi connectivity index (χ2v) is 8.76. The third-order valence-electron chi connectivity index (χ3n) is 6.58. The van der Waals surface area contributed by atoms with Crippen LogP contribution in [0.4, 0.5) is 0 Å². The van der Waals surface area contributed by atoms with E-state index in [1.807, 2.05) is 29.3 Å². The molecule has 0 bridgehead atoms. The Labute approximate surface area is 182 Å². The van der Waals surface area contributed by atoms with Crippen LogP contribution in [0.2, 0.25) is 0 Å². The molecule has 2 aromatic heterocycles. The van der Waals surface area contributed by atoms with Crippen molar-refractivity contribution >= 4 is 11.0 Å². The van der Waals surface area contributed by atoms with Gasteiger partial charge in [0.15, 0.2) is 0 Å². The number of nitrogens with one attached hydrogen (secondary N) is 1. The number of benzene rings is 2. The highest BCUT2D eigenvalue weighted by Crippen LogP contribution is 2.37. The molecule has 1 aliphatic rings. The quantitative estimate of drug-likeness (QED) is 0.536. The predicted octanol–water partition coefficient (Wildman–Crippen LogP) is 4.00. The molecule has 0 radical (unpaired) electrons. The van der Waals surface area contributed by atoms with Crippen LogP contribution in [0.1, 0.15) is 26.3 Å². The smallest absolute Gasteiger partial charge is 0.322 e. The topological polar surface area (TPSA) is 56.8 Å². The van der Waals surface area contributed by atoms with Gasteiger partial charge in [0.25, 0.3) is 0 Å². The van der Waals surface area contributed by atoms with E-state index in [0.717, 1.165) is 46.6 Å². The Kier molecular flexibility index (Phi) is 4.63. The van der Waals surface area contributed by atoms with E-state index in [2.05, 4.69) is 66.2 Å². The number of nitrogens with zero attached hydrogens (tertiary/aromatic N) is 4. The van der Waals surface area contributed by atoms with Crippen molar-refractivity contribution in [2.24, 2.45) is 0 Å². The van der Waals surface area contributed by atoms with E-state index in [1.165, 1.54) is 5.56 Å². The van der Waals surface area contributed by atoms with E-state index in [9.17, 15) is 4.79 Å². The van der Waals surface area contributed by atoms with Crippen molar-refractivity contribution < 1.29 is 0 Å². The van der Waals surface area contributed by atoms with Crippen LogP contribution in [0, 0.1) is 6.92 Å². The summed E-state index contributed by atoms with van der Waals surface area (Å²) in [6.07, 6.45) is 1.97. The Bertz CT molecular complexity index is 1340. The van der Waals surface area contributed by atoms with Crippen LogP contribution in [0.3, 0.4) is 0 Å². The van der Waals surface area contributed by atoms with Gasteiger partial charge in [0.1, 0.15) is 0 Å². The highest BCUT2D eigenvalue weighted by Gasteiger charge is 2.36. The lowest BCUT2D eigenvalue weighted by Crippen LogP contribution is -2.58. The van der Waals surface area contributed by atoms with Crippen molar-refractivity contribution in [3.8, 4) is 22.5 Å². The normalized spacial score (nSPS) is 15.4. The van der Waals surface area contributed by atoms with Gasteiger partial charge in [-0.2, -0.15) is 0 Å². The zero-order chi connectivity index (χ0) is 21.8. The summed E-state index contributed by atoms with van der Waals surface area (Å²) >= 11 is 0. The number of hydrogen-bond acceptors (Lipinski definition) is 3. The minimum Gasteiger partial charge on any atom is -0.322 e. The van der Waals surface area contributed by atoms with Crippen molar-refractivity contribution in [2.75, 3.05) is 13.1 Å². The molecule has 1 saturated heterocycles. The molecule has 0 spiro atoms. The molecule has 0 unspecified atom stereocenters. The van der Waals surface area contributed by atoms with Crippen LogP contribution in [0.15, 0.2) is 53.6 Å². The molecule has 6 heteroatoms. The number of hydrogen-bond donors (Lipinski definition) is 1. The van der Waals surface area contributed by atoms with Gasteiger partial charge in [-0.3, -0.25) is 9.13 Å². The summed E-state index contributed by atoms with van der Waals surface area (Å²) < 4.78 is 6.02. The van der Waals surface area contributed by atoms with Gasteiger partial charge in [-0.1, -0.05) is 29.8 Å². The molecule has 2 aromatic carbocycles. The number of imidazole rings is 2. The largest absolute Gasteiger partial charge is 0.329 e. The highest BCUT2D eigenvalue weighted by atomic mass is 16.1. The standard InChI is InChI=1S/C25H29N5O/c1-5-28-20-11-10-19(13-21(20)29(6-2)24(28)31)23-22(18-9-7-8-17(3)12-18)27-16-30(23)25(4)14-26-15-25/h7-13,16,26H,5-6,14-15H2,1-4H3. The van der Waals surface area contributed by atoms with E-state index in [0.29, 0.717) is 13.1 Å². The van der Waals surface area contributed by atoms with Crippen LogP contribution < -0.4 is 11.0 Å². The summed E-state index contributed by atoms with van der Waals surface area (Å²) in [7, 11) is 0. The second kappa shape index (κ2) is 7.24. The molecule has 0 saturated carbocycles. The summed E-state index contributed by atoms with van der Waals surface area (Å²) in [4.78, 5) is 17.7. The average Bonchev–Trinajstić information content (AvgIpc) is 3.30. The van der Waals surface area contributed by atoms with Gasteiger partial charge in [0, 0.05) is 37.3 Å². The summed E-state index contributed by atoms with van der Waals surface area (Å²) in [6, 6.07) is 14.9. The number of rotatable bonds is 5. The third-order valence-corrected chi connectivity index (χ3v) is 6.58. The van der Waals surface area contributed by atoms with E-state index in [4.69, 9.17) is 4.98 Å². The first-order valence-corrected chi connectivity index (χ1v) is 11.1. The Morgan fingerprint density at radius 2 is 1.74 bits per heavy atom. The van der Waals surface area contributed by atoms with E-state index in [1.54, 1.807) is 0 Å². The molecular weight excluding hydrogens is 386 g/mol. The van der Waals surface area contributed by atoms with Crippen molar-refractivity contribution in [1.82, 2.24) is 24.0 Å². The summed E-state index contributed by atoms with van der Waals surface area (Å²) in [5, 5.41) is 3.41. The van der Waals surface area contributed by atoms with Crippen molar-refractivity contribution in [3.63, 3.8) is 0 Å². The van der Waals surface area contributed by atoms with Gasteiger partial charge in [0.05, 0.1) is 34.3 Å². The average molecular weight is 416 g/mol. The predicted molar refractivity (Wildman–Crippen MR) is 125 cm³/mol. The monoisotopic (exact) mass is 415 g/mol. The number of aryl methyl sites for hydroxylation is 3. The minimum absolute atomic E-state index is 0.0147. The lowest BCUT2D eigenvalue weighted by Gasteiger charge is -2.41. The van der Waals surface area contributed by atoms with E-state index >= 15 is 0 Å². The van der Waals surface area contributed by atoms with Crippen LogP contribution >= 0.6 is 0 Å². The minimum atomic E-state index is -0.0147. The molecule has 3 heterocycles. The lowest BCUT2D eigenvalue weighted by atomic mass is 9.93. The molecule has 6 nitrogen and oxygen atoms in total. The summed E-state index contributed by atoms with van der Waals surface area (Å²) in [5.41, 5.74) is 7.51. The van der Waals surface area contributed by atoms with Crippen LogP contribution in [-0.4, -0.2) is 31.8 Å². The Balaban J connectivity index is 1.78. The van der Waals surface area contributed by atoms with Gasteiger partial charge in [-0.05, 0) is 45.9 Å². The SMILES string of the molecule is CCn1c(=O)n(CC)c2cc(-c3c(-c4cccc(C)c4)ncn3C3(C)CNC3)ccc21. The summed E-state index contributed by atoms with van der Waals surface area (Å²) in [5.74, 6) is 0. The van der Waals surface area contributed by atoms with Crippen LogP contribution in [0.5, 0.6) is 0 Å². The molecule has 4 aromatic rings. The van der Waals surface area contributed by atoms with Gasteiger partial charge in [0.2, 0.25) is 0 Å². The Morgan fingerprint density at radius 3 is 2.39 bits per heavy atom. The van der Waals surface area contributed by atoms with E-state index < -0.39 is 0 Å². The fourth-order valence-electron chi connectivity index (χ4n) is 4.77. The highest BCUT2D eigenvalue weighted by molar-refractivity contribution is 5.86. The molecule has 160 valence electrons. The molecule has 0 atom stereocenters. The third kappa shape index (κ3) is 2.97. The zero-order valence-electron chi connectivity index (χ0n) is 18.6. The van der Waals surface area contributed by atoms with Gasteiger partial charge < -0.3 is 9.88 Å². The molecule has 0 aliphatic carbocycles. The Hall–Kier alpha value is -3.12. The van der Waals surface area contributed by atoms with Gasteiger partial charge in [-0.15, -0.1) is 0 Å². The first kappa shape index (κ1) is 19.8. The maximum Gasteiger partial charge on any atom is 0.329 e. The molecule has 1 aliphatic heterocycles. The van der Waals surface area contributed by atoms with Crippen LogP contribution in [0.25, 0.3) is 33.5 Å². The van der Waals surface area contributed by atoms with Crippen molar-refractivity contribution in [3.05, 3.63) is 64.8 Å². The van der Waals surface area contributed by atoms with Gasteiger partial charge >= 0.3 is 5.69 Å². The van der Waals surface area contributed by atoms with Crippen molar-refractivity contribution in [2.45, 2.75) is 46.3 Å². The lowest BCUT2D eigenvalue weighted by molar-refractivity contribution is 0.203. The fourth-order valence-corrected chi connectivity index (χ4v) is 4.77. The molecule has 1 N–H and O–H groups in total. The zero-order valence-corrected chi connectivity index (χ0v) is 18.6. The molecule has 0 amide bonds. The maximum atomic E-state index is 12.9. The molecular formula is C25H29N5O. The van der Waals surface area contributed by atoms with Gasteiger partial charge in [-0.25, -0.2) is 9.78 Å². The molecule has 31 heavy (non-hydrogen) atoms. The first-order valence-electron chi connectivity index (χ1n) is 11.1. The van der Waals surface area contributed by atoms with Crippen molar-refractivity contribution in [1.29, 1.82) is 0 Å². The van der Waals surface area contributed by atoms with Crippen LogP contribution in [-0.2, 0) is 18.6 Å². The number of aromatic nitrogens is 4. The maximum absolute atomic E-state index is 12.9. The Morgan fingerprint density at radius 1 is 1.00 bits per heavy atom. The molecule has 5 rings (SSSR count).